The number of fused-ring (bicyclic) bond motifs is 1. The van der Waals surface area contributed by atoms with Gasteiger partial charge in [0.1, 0.15) is 11.3 Å². The second-order valence-electron chi connectivity index (χ2n) is 8.65. The summed E-state index contributed by atoms with van der Waals surface area (Å²) in [5, 5.41) is 5.32. The van der Waals surface area contributed by atoms with Crippen molar-refractivity contribution in [1.82, 2.24) is 9.97 Å². The van der Waals surface area contributed by atoms with Gasteiger partial charge in [-0.25, -0.2) is 17.8 Å². The van der Waals surface area contributed by atoms with Gasteiger partial charge in [0, 0.05) is 36.0 Å². The van der Waals surface area contributed by atoms with E-state index >= 15 is 0 Å². The van der Waals surface area contributed by atoms with Crippen LogP contribution in [0.25, 0.3) is 16.9 Å². The first kappa shape index (κ1) is 26.4. The van der Waals surface area contributed by atoms with Crippen LogP contribution in [0.3, 0.4) is 0 Å². The number of para-hydroxylation sites is 2. The summed E-state index contributed by atoms with van der Waals surface area (Å²) in [7, 11) is -4.08. The van der Waals surface area contributed by atoms with E-state index in [-0.39, 0.29) is 22.4 Å². The molecule has 0 aliphatic carbocycles. The summed E-state index contributed by atoms with van der Waals surface area (Å²) in [6.45, 7) is 1.36. The molecule has 0 saturated carbocycles. The lowest BCUT2D eigenvalue weighted by Gasteiger charge is -2.10. The van der Waals surface area contributed by atoms with Crippen molar-refractivity contribution in [1.29, 1.82) is 0 Å². The van der Waals surface area contributed by atoms with Crippen LogP contribution in [0.5, 0.6) is 0 Å². The standard InChI is InChI=1S/C28H21FN6O4S/c1-18(36)30-21-10-12-23(13-11-21)40(38,39)34-26-27(33-25-5-3-2-4-24(25)32-26)35-16-14-22(15-17-35)31-28(37)19-6-8-20(29)9-7-19/h2-17H,1H3,(H2,30,32,34,36)/p+1. The van der Waals surface area contributed by atoms with Crippen LogP contribution in [0, 0.1) is 5.82 Å². The number of aromatic nitrogens is 3. The van der Waals surface area contributed by atoms with E-state index < -0.39 is 21.7 Å². The summed E-state index contributed by atoms with van der Waals surface area (Å²) in [4.78, 5) is 32.8. The average Bonchev–Trinajstić information content (AvgIpc) is 2.93. The monoisotopic (exact) mass is 557 g/mol. The van der Waals surface area contributed by atoms with E-state index in [1.165, 1.54) is 55.5 Å². The third kappa shape index (κ3) is 5.92. The third-order valence-electron chi connectivity index (χ3n) is 5.71. The first-order valence-electron chi connectivity index (χ1n) is 11.9. The number of anilines is 3. The van der Waals surface area contributed by atoms with E-state index in [2.05, 4.69) is 25.3 Å². The predicted octanol–water partition coefficient (Wildman–Crippen LogP) is 4.06. The summed E-state index contributed by atoms with van der Waals surface area (Å²) < 4.78 is 43.7. The molecule has 3 N–H and O–H groups in total. The fourth-order valence-corrected chi connectivity index (χ4v) is 4.81. The number of sulfonamides is 1. The zero-order valence-corrected chi connectivity index (χ0v) is 21.8. The number of amides is 2. The number of hydrogen-bond acceptors (Lipinski definition) is 6. The molecule has 2 amide bonds. The van der Waals surface area contributed by atoms with Crippen molar-refractivity contribution in [2.75, 3.05) is 15.4 Å². The van der Waals surface area contributed by atoms with Gasteiger partial charge in [-0.3, -0.25) is 14.3 Å². The van der Waals surface area contributed by atoms with E-state index in [1.807, 2.05) is 0 Å². The molecular formula is C28H22FN6O4S+. The maximum atomic E-state index is 13.2. The number of halogens is 1. The van der Waals surface area contributed by atoms with Crippen LogP contribution < -0.4 is 19.9 Å². The smallest absolute Gasteiger partial charge is 0.326 e. The minimum atomic E-state index is -4.08. The molecule has 0 bridgehead atoms. The van der Waals surface area contributed by atoms with Gasteiger partial charge in [0.2, 0.25) is 17.2 Å². The van der Waals surface area contributed by atoms with Crippen LogP contribution in [0.2, 0.25) is 0 Å². The van der Waals surface area contributed by atoms with Crippen molar-refractivity contribution in [2.45, 2.75) is 11.8 Å². The summed E-state index contributed by atoms with van der Waals surface area (Å²) in [6.07, 6.45) is 3.19. The van der Waals surface area contributed by atoms with Crippen LogP contribution >= 0.6 is 0 Å². The van der Waals surface area contributed by atoms with Gasteiger partial charge in [-0.15, -0.1) is 0 Å². The summed E-state index contributed by atoms with van der Waals surface area (Å²) in [5.41, 5.74) is 2.23. The number of nitrogens with one attached hydrogen (secondary N) is 3. The number of carbonyl (C=O) groups is 2. The first-order chi connectivity index (χ1) is 19.2. The van der Waals surface area contributed by atoms with Gasteiger partial charge in [0.15, 0.2) is 0 Å². The van der Waals surface area contributed by atoms with E-state index in [9.17, 15) is 22.4 Å². The molecule has 0 fully saturated rings. The highest BCUT2D eigenvalue weighted by Gasteiger charge is 2.25. The average molecular weight is 558 g/mol. The van der Waals surface area contributed by atoms with Crippen LogP contribution in [0.1, 0.15) is 17.3 Å². The van der Waals surface area contributed by atoms with Crippen molar-refractivity contribution in [3.63, 3.8) is 0 Å². The zero-order valence-electron chi connectivity index (χ0n) is 21.0. The van der Waals surface area contributed by atoms with E-state index in [1.54, 1.807) is 53.4 Å². The molecule has 0 spiro atoms. The summed E-state index contributed by atoms with van der Waals surface area (Å²) >= 11 is 0. The molecule has 5 rings (SSSR count). The van der Waals surface area contributed by atoms with Gasteiger partial charge >= 0.3 is 5.82 Å². The maximum absolute atomic E-state index is 13.2. The Labute approximate surface area is 228 Å². The minimum absolute atomic E-state index is 0.0160. The topological polar surface area (TPSA) is 134 Å². The van der Waals surface area contributed by atoms with Crippen LogP contribution in [-0.4, -0.2) is 30.2 Å². The third-order valence-corrected chi connectivity index (χ3v) is 7.06. The molecule has 40 heavy (non-hydrogen) atoms. The molecule has 10 nitrogen and oxygen atoms in total. The molecule has 2 aromatic heterocycles. The maximum Gasteiger partial charge on any atom is 0.372 e. The van der Waals surface area contributed by atoms with Crippen molar-refractivity contribution >= 4 is 50.1 Å². The molecule has 200 valence electrons. The first-order valence-corrected chi connectivity index (χ1v) is 13.4. The summed E-state index contributed by atoms with van der Waals surface area (Å²) in [5.74, 6) is -0.947. The highest BCUT2D eigenvalue weighted by Crippen LogP contribution is 2.22. The Hall–Kier alpha value is -5.23. The molecular weight excluding hydrogens is 535 g/mol. The lowest BCUT2D eigenvalue weighted by atomic mass is 10.2. The molecule has 0 atom stereocenters. The van der Waals surface area contributed by atoms with Gasteiger partial charge in [-0.1, -0.05) is 12.1 Å². The van der Waals surface area contributed by atoms with E-state index in [4.69, 9.17) is 0 Å². The Balaban J connectivity index is 1.45. The van der Waals surface area contributed by atoms with Crippen LogP contribution in [0.15, 0.2) is 102 Å². The Morgan fingerprint density at radius 3 is 2.00 bits per heavy atom. The SMILES string of the molecule is CC(=O)Nc1ccc(S(=O)(=O)Nc2nc3ccccc3nc2-[n+]2ccc(NC(=O)c3ccc(F)cc3)cc2)cc1. The highest BCUT2D eigenvalue weighted by molar-refractivity contribution is 7.92. The van der Waals surface area contributed by atoms with Gasteiger partial charge in [-0.05, 0) is 65.6 Å². The number of nitrogens with zero attached hydrogens (tertiary/aromatic N) is 3. The quantitative estimate of drug-likeness (QED) is 0.259. The lowest BCUT2D eigenvalue weighted by Crippen LogP contribution is -2.33. The van der Waals surface area contributed by atoms with Crippen LogP contribution in [-0.2, 0) is 14.8 Å². The zero-order chi connectivity index (χ0) is 28.3. The molecule has 2 heterocycles. The molecule has 12 heteroatoms. The van der Waals surface area contributed by atoms with Crippen molar-refractivity contribution in [3.8, 4) is 5.82 Å². The predicted molar refractivity (Wildman–Crippen MR) is 147 cm³/mol. The molecule has 0 aliphatic rings. The fraction of sp³-hybridized carbons (Fsp3) is 0.0357. The number of pyridine rings is 1. The lowest BCUT2D eigenvalue weighted by molar-refractivity contribution is -0.598. The Bertz CT molecular complexity index is 1830. The normalized spacial score (nSPS) is 11.2. The van der Waals surface area contributed by atoms with Gasteiger partial charge in [-0.2, -0.15) is 4.57 Å². The second kappa shape index (κ2) is 10.9. The molecule has 0 aliphatic heterocycles. The minimum Gasteiger partial charge on any atom is -0.326 e. The van der Waals surface area contributed by atoms with Crippen molar-refractivity contribution in [2.24, 2.45) is 0 Å². The molecule has 3 aromatic carbocycles. The molecule has 0 radical (unpaired) electrons. The number of carbonyl (C=O) groups excluding carboxylic acids is 2. The molecule has 0 unspecified atom stereocenters. The van der Waals surface area contributed by atoms with E-state index in [0.29, 0.717) is 28.0 Å². The highest BCUT2D eigenvalue weighted by atomic mass is 32.2. The largest absolute Gasteiger partial charge is 0.372 e. The Morgan fingerprint density at radius 1 is 0.775 bits per heavy atom. The number of hydrogen-bond donors (Lipinski definition) is 3. The molecule has 5 aromatic rings. The number of benzene rings is 3. The van der Waals surface area contributed by atoms with Crippen molar-refractivity contribution in [3.05, 3.63) is 109 Å². The van der Waals surface area contributed by atoms with Gasteiger partial charge < -0.3 is 10.6 Å². The van der Waals surface area contributed by atoms with E-state index in [0.717, 1.165) is 0 Å². The summed E-state index contributed by atoms with van der Waals surface area (Å²) in [6, 6.07) is 21.1. The Kier molecular flexibility index (Phi) is 7.17. The number of rotatable bonds is 7. The second-order valence-corrected chi connectivity index (χ2v) is 10.3. The molecule has 0 saturated heterocycles. The van der Waals surface area contributed by atoms with Crippen molar-refractivity contribution < 1.29 is 27.0 Å². The van der Waals surface area contributed by atoms with Crippen LogP contribution in [0.4, 0.5) is 21.6 Å². The van der Waals surface area contributed by atoms with Gasteiger partial charge in [0.25, 0.3) is 15.9 Å². The van der Waals surface area contributed by atoms with Gasteiger partial charge in [0.05, 0.1) is 17.3 Å². The Morgan fingerprint density at radius 2 is 1.38 bits per heavy atom. The fourth-order valence-electron chi connectivity index (χ4n) is 3.80.